The van der Waals surface area contributed by atoms with Crippen molar-refractivity contribution in [2.24, 2.45) is 5.10 Å². The third-order valence-corrected chi connectivity index (χ3v) is 6.93. The van der Waals surface area contributed by atoms with Crippen molar-refractivity contribution in [1.29, 1.82) is 0 Å². The van der Waals surface area contributed by atoms with Crippen LogP contribution in [0.1, 0.15) is 42.4 Å². The molecule has 1 aliphatic carbocycles. The Labute approximate surface area is 180 Å². The van der Waals surface area contributed by atoms with E-state index in [1.165, 1.54) is 28.8 Å². The summed E-state index contributed by atoms with van der Waals surface area (Å²) in [7, 11) is 5.65. The fourth-order valence-corrected chi connectivity index (χ4v) is 5.25. The molecule has 0 bridgehead atoms. The van der Waals surface area contributed by atoms with E-state index < -0.39 is 0 Å². The summed E-state index contributed by atoms with van der Waals surface area (Å²) in [5.41, 5.74) is 8.66. The number of hydrogen-bond acceptors (Lipinski definition) is 5. The number of hydrazone groups is 1. The van der Waals surface area contributed by atoms with Gasteiger partial charge < -0.3 is 19.8 Å². The van der Waals surface area contributed by atoms with Crippen LogP contribution in [-0.2, 0) is 12.0 Å². The molecule has 0 amide bonds. The first kappa shape index (κ1) is 20.7. The van der Waals surface area contributed by atoms with Gasteiger partial charge in [-0.25, -0.2) is 0 Å². The fraction of sp³-hybridized carbons (Fsp3) is 0.480. The smallest absolute Gasteiger partial charge is 0.161 e. The number of nitrogens with one attached hydrogen (secondary N) is 1. The lowest BCUT2D eigenvalue weighted by atomic mass is 9.65. The fourth-order valence-electron chi connectivity index (χ4n) is 5.25. The van der Waals surface area contributed by atoms with E-state index in [1.54, 1.807) is 14.2 Å². The van der Waals surface area contributed by atoms with Gasteiger partial charge >= 0.3 is 0 Å². The highest BCUT2D eigenvalue weighted by atomic mass is 16.5. The number of fused-ring (bicyclic) bond motifs is 1. The molecular weight excluding hydrogens is 374 g/mol. The Hall–Kier alpha value is -2.53. The van der Waals surface area contributed by atoms with Crippen LogP contribution in [0.3, 0.4) is 0 Å². The zero-order chi connectivity index (χ0) is 21.1. The summed E-state index contributed by atoms with van der Waals surface area (Å²) in [5, 5.41) is 4.78. The van der Waals surface area contributed by atoms with E-state index >= 15 is 0 Å². The van der Waals surface area contributed by atoms with E-state index in [2.05, 4.69) is 60.7 Å². The van der Waals surface area contributed by atoms with Gasteiger partial charge in [0.2, 0.25) is 0 Å². The lowest BCUT2D eigenvalue weighted by Crippen LogP contribution is -2.46. The molecule has 0 spiro atoms. The molecule has 1 N–H and O–H groups in total. The van der Waals surface area contributed by atoms with Crippen LogP contribution in [-0.4, -0.2) is 44.5 Å². The Morgan fingerprint density at radius 2 is 1.93 bits per heavy atom. The van der Waals surface area contributed by atoms with Gasteiger partial charge in [0.05, 0.1) is 20.8 Å². The molecule has 0 radical (unpaired) electrons. The summed E-state index contributed by atoms with van der Waals surface area (Å²) in [6, 6.07) is 15.5. The molecule has 1 heterocycles. The Bertz CT molecular complexity index is 926. The number of aryl methyl sites for hydroxylation is 1. The Kier molecular flexibility index (Phi) is 6.00. The van der Waals surface area contributed by atoms with Gasteiger partial charge in [0, 0.05) is 23.6 Å². The van der Waals surface area contributed by atoms with Crippen molar-refractivity contribution in [3.8, 4) is 11.5 Å². The maximum absolute atomic E-state index is 5.59. The molecule has 2 aliphatic rings. The largest absolute Gasteiger partial charge is 0.493 e. The number of likely N-dealkylation sites (N-methyl/N-ethyl adjacent to an activating group) is 1. The van der Waals surface area contributed by atoms with Gasteiger partial charge in [0.1, 0.15) is 0 Å². The number of ether oxygens (including phenoxy) is 2. The highest BCUT2D eigenvalue weighted by Gasteiger charge is 2.49. The van der Waals surface area contributed by atoms with Crippen LogP contribution in [0.4, 0.5) is 0 Å². The summed E-state index contributed by atoms with van der Waals surface area (Å²) in [6.45, 7) is 4.01. The van der Waals surface area contributed by atoms with Crippen molar-refractivity contribution < 1.29 is 9.47 Å². The van der Waals surface area contributed by atoms with Gasteiger partial charge in [0.25, 0.3) is 0 Å². The van der Waals surface area contributed by atoms with E-state index in [4.69, 9.17) is 14.6 Å². The topological polar surface area (TPSA) is 46.1 Å². The molecule has 1 saturated carbocycles. The second-order valence-corrected chi connectivity index (χ2v) is 8.68. The van der Waals surface area contributed by atoms with Gasteiger partial charge in [-0.05, 0) is 63.0 Å². The minimum Gasteiger partial charge on any atom is -0.493 e. The van der Waals surface area contributed by atoms with Crippen LogP contribution in [0.5, 0.6) is 11.5 Å². The minimum absolute atomic E-state index is 0.157. The molecule has 4 rings (SSSR count). The van der Waals surface area contributed by atoms with Gasteiger partial charge in [-0.2, -0.15) is 5.10 Å². The monoisotopic (exact) mass is 407 g/mol. The van der Waals surface area contributed by atoms with Crippen LogP contribution in [0.2, 0.25) is 0 Å². The number of rotatable bonds is 6. The highest BCUT2D eigenvalue weighted by Crippen LogP contribution is 2.49. The van der Waals surface area contributed by atoms with E-state index in [0.717, 1.165) is 43.9 Å². The molecule has 0 aromatic heterocycles. The van der Waals surface area contributed by atoms with Gasteiger partial charge in [-0.3, -0.25) is 0 Å². The Morgan fingerprint density at radius 1 is 1.10 bits per heavy atom. The molecule has 1 saturated heterocycles. The summed E-state index contributed by atoms with van der Waals surface area (Å²) >= 11 is 0. The molecule has 1 aliphatic heterocycles. The highest BCUT2D eigenvalue weighted by molar-refractivity contribution is 5.86. The third-order valence-electron chi connectivity index (χ3n) is 6.93. The molecule has 2 aromatic rings. The maximum Gasteiger partial charge on any atom is 0.161 e. The Balaban J connectivity index is 1.51. The minimum atomic E-state index is 0.157. The number of likely N-dealkylation sites (tertiary alicyclic amines) is 1. The summed E-state index contributed by atoms with van der Waals surface area (Å²) in [5.74, 6) is 1.61. The lowest BCUT2D eigenvalue weighted by molar-refractivity contribution is 0.226. The van der Waals surface area contributed by atoms with Crippen molar-refractivity contribution in [1.82, 2.24) is 10.3 Å². The van der Waals surface area contributed by atoms with Crippen molar-refractivity contribution in [3.63, 3.8) is 0 Å². The molecule has 2 atom stereocenters. The summed E-state index contributed by atoms with van der Waals surface area (Å²) in [6.07, 6.45) is 4.32. The average molecular weight is 408 g/mol. The van der Waals surface area contributed by atoms with Crippen molar-refractivity contribution in [3.05, 3.63) is 59.2 Å². The normalized spacial score (nSPS) is 25.2. The van der Waals surface area contributed by atoms with Gasteiger partial charge in [0.15, 0.2) is 11.5 Å². The quantitative estimate of drug-likeness (QED) is 0.726. The maximum atomic E-state index is 5.59. The van der Waals surface area contributed by atoms with Gasteiger partial charge in [-0.1, -0.05) is 35.9 Å². The molecule has 2 aromatic carbocycles. The number of benzene rings is 2. The summed E-state index contributed by atoms with van der Waals surface area (Å²) in [4.78, 5) is 2.51. The van der Waals surface area contributed by atoms with Crippen molar-refractivity contribution >= 4 is 5.71 Å². The first-order valence-electron chi connectivity index (χ1n) is 10.8. The van der Waals surface area contributed by atoms with Crippen LogP contribution < -0.4 is 14.9 Å². The van der Waals surface area contributed by atoms with Crippen molar-refractivity contribution in [2.45, 2.75) is 50.6 Å². The number of nitrogens with zero attached hydrogens (tertiary/aromatic N) is 2. The molecule has 2 fully saturated rings. The molecule has 5 heteroatoms. The molecule has 0 unspecified atom stereocenters. The Morgan fingerprint density at radius 3 is 2.70 bits per heavy atom. The molecule has 5 nitrogen and oxygen atoms in total. The van der Waals surface area contributed by atoms with E-state index in [9.17, 15) is 0 Å². The van der Waals surface area contributed by atoms with Crippen LogP contribution in [0.25, 0.3) is 0 Å². The van der Waals surface area contributed by atoms with E-state index in [-0.39, 0.29) is 5.41 Å². The summed E-state index contributed by atoms with van der Waals surface area (Å²) < 4.78 is 11.0. The third kappa shape index (κ3) is 3.91. The van der Waals surface area contributed by atoms with E-state index in [1.807, 2.05) is 6.07 Å². The van der Waals surface area contributed by atoms with Gasteiger partial charge in [-0.15, -0.1) is 0 Å². The molecule has 30 heavy (non-hydrogen) atoms. The average Bonchev–Trinajstić information content (AvgIpc) is 3.10. The molecule has 160 valence electrons. The zero-order valence-corrected chi connectivity index (χ0v) is 18.6. The second kappa shape index (κ2) is 8.68. The van der Waals surface area contributed by atoms with Crippen LogP contribution in [0.15, 0.2) is 47.6 Å². The standard InChI is InChI=1S/C25H33N3O2/c1-18-6-5-7-19(14-18)17-26-27-21-10-11-25(12-13-28(2)24(25)16-21)20-8-9-22(29-3)23(15-20)30-4/h5-9,14-15,24,26H,10-13,16-17H2,1-4H3/b27-21+/t24-,25-/m0/s1. The predicted octanol–water partition coefficient (Wildman–Crippen LogP) is 4.28. The lowest BCUT2D eigenvalue weighted by Gasteiger charge is -2.42. The van der Waals surface area contributed by atoms with Crippen LogP contribution in [0, 0.1) is 6.92 Å². The molecular formula is C25H33N3O2. The van der Waals surface area contributed by atoms with Crippen molar-refractivity contribution in [2.75, 3.05) is 27.8 Å². The first-order chi connectivity index (χ1) is 14.6. The first-order valence-corrected chi connectivity index (χ1v) is 10.8. The van der Waals surface area contributed by atoms with E-state index in [0.29, 0.717) is 6.04 Å². The predicted molar refractivity (Wildman–Crippen MR) is 122 cm³/mol. The van der Waals surface area contributed by atoms with Crippen LogP contribution >= 0.6 is 0 Å². The number of methoxy groups -OCH3 is 2. The SMILES string of the molecule is COc1ccc([C@@]23CC/C(=N\NCc4cccc(C)c4)C[C@@H]2N(C)CC3)cc1OC. The zero-order valence-electron chi connectivity index (χ0n) is 18.6. The second-order valence-electron chi connectivity index (χ2n) is 8.68. The number of hydrogen-bond donors (Lipinski definition) is 1.